The summed E-state index contributed by atoms with van der Waals surface area (Å²) in [6, 6.07) is 4.57. The van der Waals surface area contributed by atoms with Gasteiger partial charge in [-0.1, -0.05) is 5.17 Å². The van der Waals surface area contributed by atoms with Crippen molar-refractivity contribution >= 4 is 17.5 Å². The smallest absolute Gasteiger partial charge is 0.287 e. The molecule has 1 aromatic heterocycles. The van der Waals surface area contributed by atoms with E-state index < -0.39 is 0 Å². The summed E-state index contributed by atoms with van der Waals surface area (Å²) in [7, 11) is 9.61. The van der Waals surface area contributed by atoms with Crippen LogP contribution in [-0.4, -0.2) is 55.7 Å². The number of aromatic nitrogens is 1. The molecule has 7 nitrogen and oxygen atoms in total. The topological polar surface area (TPSA) is 46.9 Å². The first-order chi connectivity index (χ1) is 8.50. The van der Waals surface area contributed by atoms with E-state index in [4.69, 9.17) is 4.84 Å². The second kappa shape index (κ2) is 4.69. The number of hydrogen-bond acceptors (Lipinski definition) is 5. The molecule has 1 N–H and O–H groups in total. The highest BCUT2D eigenvalue weighted by Crippen LogP contribution is 2.29. The molecule has 0 saturated heterocycles. The van der Waals surface area contributed by atoms with Crippen LogP contribution in [0.25, 0.3) is 0 Å². The van der Waals surface area contributed by atoms with Crippen molar-refractivity contribution in [2.24, 2.45) is 0 Å². The van der Waals surface area contributed by atoms with E-state index in [1.54, 1.807) is 11.4 Å². The summed E-state index contributed by atoms with van der Waals surface area (Å²) in [6.07, 6.45) is 1.74. The highest BCUT2D eigenvalue weighted by Gasteiger charge is 2.29. The predicted octanol–water partition coefficient (Wildman–Crippen LogP) is -0.121. The fourth-order valence-electron chi connectivity index (χ4n) is 1.75. The second-order valence-electron chi connectivity index (χ2n) is 4.46. The summed E-state index contributed by atoms with van der Waals surface area (Å²) in [5.74, 6) is 0.737. The number of nitrogens with zero attached hydrogens (tertiary/aromatic N) is 5. The van der Waals surface area contributed by atoms with E-state index in [0.29, 0.717) is 6.02 Å². The van der Waals surface area contributed by atoms with Crippen molar-refractivity contribution < 1.29 is 9.41 Å². The Balaban J connectivity index is 2.25. The van der Waals surface area contributed by atoms with Gasteiger partial charge in [0.1, 0.15) is 5.69 Å². The molecule has 0 aliphatic carbocycles. The van der Waals surface area contributed by atoms with Crippen molar-refractivity contribution in [2.45, 2.75) is 0 Å². The van der Waals surface area contributed by atoms with Crippen LogP contribution in [0.5, 0.6) is 0 Å². The van der Waals surface area contributed by atoms with Crippen molar-refractivity contribution in [1.29, 1.82) is 0 Å². The van der Waals surface area contributed by atoms with Gasteiger partial charge in [0, 0.05) is 13.2 Å². The maximum Gasteiger partial charge on any atom is 0.471 e. The molecule has 0 aromatic carbocycles. The summed E-state index contributed by atoms with van der Waals surface area (Å²) in [4.78, 5) is 12.0. The van der Waals surface area contributed by atoms with Crippen LogP contribution in [0.3, 0.4) is 0 Å². The fraction of sp³-hybridized carbons (Fsp3) is 0.455. The Morgan fingerprint density at radius 1 is 1.44 bits per heavy atom. The summed E-state index contributed by atoms with van der Waals surface area (Å²) in [6.45, 7) is 0. The number of hydrazine groups is 2. The Morgan fingerprint density at radius 3 is 2.78 bits per heavy atom. The van der Waals surface area contributed by atoms with Crippen LogP contribution in [0.15, 0.2) is 18.3 Å². The van der Waals surface area contributed by atoms with Crippen molar-refractivity contribution in [3.8, 4) is 0 Å². The monoisotopic (exact) mass is 251 g/mol. The minimum Gasteiger partial charge on any atom is -0.287 e. The standard InChI is InChI=1S/C11H19N6O/c1-14(2)11(15(3)4)18-17-10-9(16(5)13-17)7-6-8-12-10/h6-8,13H,1-5H3/q+1. The number of anilines is 2. The molecule has 18 heavy (non-hydrogen) atoms. The third-order valence-corrected chi connectivity index (χ3v) is 2.50. The molecule has 0 unspecified atom stereocenters. The summed E-state index contributed by atoms with van der Waals surface area (Å²) < 4.78 is 1.89. The largest absolute Gasteiger partial charge is 0.471 e. The maximum absolute atomic E-state index is 5.82. The van der Waals surface area contributed by atoms with Gasteiger partial charge in [0.15, 0.2) is 0 Å². The zero-order valence-electron chi connectivity index (χ0n) is 11.4. The van der Waals surface area contributed by atoms with E-state index >= 15 is 0 Å². The van der Waals surface area contributed by atoms with Gasteiger partial charge in [-0.2, -0.15) is 0 Å². The summed E-state index contributed by atoms with van der Waals surface area (Å²) in [5.41, 5.74) is 4.03. The molecular weight excluding hydrogens is 232 g/mol. The lowest BCUT2D eigenvalue weighted by Gasteiger charge is -2.20. The number of amidine groups is 1. The van der Waals surface area contributed by atoms with Gasteiger partial charge in [0.05, 0.1) is 28.2 Å². The third-order valence-electron chi connectivity index (χ3n) is 2.50. The van der Waals surface area contributed by atoms with Gasteiger partial charge in [0.2, 0.25) is 5.82 Å². The van der Waals surface area contributed by atoms with Crippen LogP contribution < -0.4 is 15.7 Å². The van der Waals surface area contributed by atoms with Crippen molar-refractivity contribution in [3.63, 3.8) is 0 Å². The lowest BCUT2D eigenvalue weighted by molar-refractivity contribution is -0.481. The van der Waals surface area contributed by atoms with E-state index in [-0.39, 0.29) is 0 Å². The predicted molar refractivity (Wildman–Crippen MR) is 70.1 cm³/mol. The molecule has 0 saturated carbocycles. The van der Waals surface area contributed by atoms with Crippen LogP contribution in [0.1, 0.15) is 0 Å². The average Bonchev–Trinajstić information content (AvgIpc) is 2.63. The van der Waals surface area contributed by atoms with Gasteiger partial charge >= 0.3 is 6.02 Å². The van der Waals surface area contributed by atoms with E-state index in [1.807, 2.05) is 61.9 Å². The van der Waals surface area contributed by atoms with E-state index in [2.05, 4.69) is 10.5 Å². The quantitative estimate of drug-likeness (QED) is 0.426. The minimum absolute atomic E-state index is 0.703. The van der Waals surface area contributed by atoms with Gasteiger partial charge in [0.25, 0.3) is 0 Å². The van der Waals surface area contributed by atoms with Gasteiger partial charge < -0.3 is 0 Å². The third kappa shape index (κ3) is 2.17. The molecule has 2 heterocycles. The van der Waals surface area contributed by atoms with E-state index in [1.165, 1.54) is 0 Å². The van der Waals surface area contributed by atoms with E-state index in [9.17, 15) is 0 Å². The molecule has 0 spiro atoms. The van der Waals surface area contributed by atoms with Gasteiger partial charge in [-0.15, -0.1) is 5.53 Å². The first-order valence-corrected chi connectivity index (χ1v) is 5.65. The molecule has 98 valence electrons. The first-order valence-electron chi connectivity index (χ1n) is 5.65. The zero-order chi connectivity index (χ0) is 13.3. The summed E-state index contributed by atoms with van der Waals surface area (Å²) in [5, 5.41) is 3.40. The van der Waals surface area contributed by atoms with Crippen LogP contribution in [0.2, 0.25) is 0 Å². The zero-order valence-corrected chi connectivity index (χ0v) is 11.4. The number of pyridine rings is 1. The molecule has 0 fully saturated rings. The number of nitrogens with one attached hydrogen (secondary N) is 1. The Bertz CT molecular complexity index is 468. The van der Waals surface area contributed by atoms with E-state index in [0.717, 1.165) is 11.5 Å². The number of fused-ring (bicyclic) bond motifs is 1. The molecular formula is C11H19N6O+. The highest BCUT2D eigenvalue weighted by atomic mass is 16.7. The normalized spacial score (nSPS) is 13.4. The molecule has 7 heteroatoms. The average molecular weight is 251 g/mol. The van der Waals surface area contributed by atoms with Crippen molar-refractivity contribution in [3.05, 3.63) is 18.3 Å². The lowest BCUT2D eigenvalue weighted by Crippen LogP contribution is -2.47. The Hall–Kier alpha value is -2.02. The Kier molecular flexibility index (Phi) is 3.24. The molecule has 0 radical (unpaired) electrons. The molecule has 1 aliphatic rings. The maximum atomic E-state index is 5.82. The van der Waals surface area contributed by atoms with Gasteiger partial charge in [-0.05, 0) is 12.1 Å². The molecule has 2 rings (SSSR count). The summed E-state index contributed by atoms with van der Waals surface area (Å²) >= 11 is 0. The molecule has 1 aliphatic heterocycles. The second-order valence-corrected chi connectivity index (χ2v) is 4.46. The van der Waals surface area contributed by atoms with Gasteiger partial charge in [-0.25, -0.2) is 14.5 Å². The molecule has 0 amide bonds. The van der Waals surface area contributed by atoms with Crippen molar-refractivity contribution in [2.75, 3.05) is 45.4 Å². The lowest BCUT2D eigenvalue weighted by atomic mass is 10.4. The highest BCUT2D eigenvalue weighted by molar-refractivity contribution is 5.73. The minimum atomic E-state index is 0.703. The van der Waals surface area contributed by atoms with Crippen LogP contribution in [0, 0.1) is 0 Å². The number of rotatable bonds is 1. The molecule has 1 aromatic rings. The number of hydrogen-bond donors (Lipinski definition) is 1. The van der Waals surface area contributed by atoms with Crippen molar-refractivity contribution in [1.82, 2.24) is 15.4 Å². The van der Waals surface area contributed by atoms with Crippen LogP contribution in [0.4, 0.5) is 11.5 Å². The molecule has 0 atom stereocenters. The van der Waals surface area contributed by atoms with Gasteiger partial charge in [-0.3, -0.25) is 9.85 Å². The van der Waals surface area contributed by atoms with Crippen LogP contribution >= 0.6 is 0 Å². The fourth-order valence-corrected chi connectivity index (χ4v) is 1.75. The Labute approximate surface area is 107 Å². The first kappa shape index (κ1) is 12.4. The Morgan fingerprint density at radius 2 is 2.17 bits per heavy atom. The SMILES string of the molecule is CN(C)C(ON1NN(C)c2cccnc21)=[N+](C)C. The van der Waals surface area contributed by atoms with Crippen LogP contribution in [-0.2, 0) is 4.84 Å². The molecule has 0 bridgehead atoms.